The highest BCUT2D eigenvalue weighted by molar-refractivity contribution is 6.32. The topological polar surface area (TPSA) is 67.5 Å². The van der Waals surface area contributed by atoms with E-state index < -0.39 is 17.5 Å². The lowest BCUT2D eigenvalue weighted by atomic mass is 10.0. The highest BCUT2D eigenvalue weighted by Crippen LogP contribution is 2.34. The molecule has 2 aromatic rings. The minimum absolute atomic E-state index is 0.0166. The largest absolute Gasteiger partial charge is 0.416 e. The number of ketones is 1. The molecule has 0 heterocycles. The fraction of sp³-hybridized carbons (Fsp3) is 0.158. The van der Waals surface area contributed by atoms with Crippen molar-refractivity contribution < 1.29 is 18.0 Å². The highest BCUT2D eigenvalue weighted by atomic mass is 35.5. The second-order valence-electron chi connectivity index (χ2n) is 5.65. The number of allylic oxidation sites excluding steroid dienone is 1. The summed E-state index contributed by atoms with van der Waals surface area (Å²) in [5, 5.41) is 3.23. The molecule has 0 saturated carbocycles. The van der Waals surface area contributed by atoms with E-state index in [1.165, 1.54) is 25.1 Å². The van der Waals surface area contributed by atoms with Gasteiger partial charge in [-0.05, 0) is 42.8 Å². The molecule has 2 rings (SSSR count). The Balaban J connectivity index is 2.35. The number of nitrogens with one attached hydrogen (secondary N) is 1. The van der Waals surface area contributed by atoms with E-state index in [1.807, 2.05) is 0 Å². The van der Waals surface area contributed by atoms with Crippen LogP contribution in [-0.4, -0.2) is 19.0 Å². The van der Waals surface area contributed by atoms with Crippen molar-refractivity contribution in [3.05, 3.63) is 69.9 Å². The minimum Gasteiger partial charge on any atom is -0.404 e. The molecule has 2 aromatic carbocycles. The number of halogens is 4. The summed E-state index contributed by atoms with van der Waals surface area (Å²) in [5.41, 5.74) is 5.70. The standard InChI is InChI=1S/C19H17ClF3N3O/c1-11-3-5-14(8-16(11)19(21,22)23)26-10-12(9-24)18(27)15-7-13(20)4-6-17(15)25-2/h3-10,25H,24H2,1-2H3/b12-9+,26-10?. The van der Waals surface area contributed by atoms with Crippen LogP contribution in [0.3, 0.4) is 0 Å². The summed E-state index contributed by atoms with van der Waals surface area (Å²) in [6, 6.07) is 8.40. The van der Waals surface area contributed by atoms with Gasteiger partial charge in [-0.1, -0.05) is 17.7 Å². The van der Waals surface area contributed by atoms with E-state index in [0.717, 1.165) is 18.5 Å². The number of rotatable bonds is 5. The molecule has 0 aromatic heterocycles. The van der Waals surface area contributed by atoms with Crippen molar-refractivity contribution in [2.45, 2.75) is 13.1 Å². The molecule has 0 aliphatic heterocycles. The Kier molecular flexibility index (Phi) is 6.28. The summed E-state index contributed by atoms with van der Waals surface area (Å²) < 4.78 is 39.0. The second kappa shape index (κ2) is 8.26. The number of aliphatic imine (C=N–C) groups is 1. The van der Waals surface area contributed by atoms with Gasteiger partial charge in [0.25, 0.3) is 0 Å². The average Bonchev–Trinajstić information content (AvgIpc) is 2.62. The Labute approximate surface area is 159 Å². The van der Waals surface area contributed by atoms with Crippen molar-refractivity contribution in [3.63, 3.8) is 0 Å². The number of hydrogen-bond acceptors (Lipinski definition) is 4. The van der Waals surface area contributed by atoms with E-state index in [4.69, 9.17) is 17.3 Å². The minimum atomic E-state index is -4.49. The van der Waals surface area contributed by atoms with Crippen LogP contribution in [0.2, 0.25) is 5.02 Å². The van der Waals surface area contributed by atoms with E-state index in [0.29, 0.717) is 10.7 Å². The monoisotopic (exact) mass is 395 g/mol. The Morgan fingerprint density at radius 3 is 2.52 bits per heavy atom. The fourth-order valence-corrected chi connectivity index (χ4v) is 2.57. The van der Waals surface area contributed by atoms with Gasteiger partial charge in [0.15, 0.2) is 5.78 Å². The molecule has 0 fully saturated rings. The van der Waals surface area contributed by atoms with Crippen LogP contribution < -0.4 is 11.1 Å². The zero-order valence-corrected chi connectivity index (χ0v) is 15.3. The molecule has 4 nitrogen and oxygen atoms in total. The molecule has 0 spiro atoms. The molecule has 0 amide bonds. The maximum Gasteiger partial charge on any atom is 0.416 e. The summed E-state index contributed by atoms with van der Waals surface area (Å²) in [6.07, 6.45) is -2.31. The van der Waals surface area contributed by atoms with Crippen LogP contribution in [0.5, 0.6) is 0 Å². The number of carbonyl (C=O) groups excluding carboxylic acids is 1. The lowest BCUT2D eigenvalue weighted by Crippen LogP contribution is -2.10. The van der Waals surface area contributed by atoms with Gasteiger partial charge in [0.05, 0.1) is 16.8 Å². The number of nitrogens with two attached hydrogens (primary N) is 1. The van der Waals surface area contributed by atoms with E-state index in [-0.39, 0.29) is 22.4 Å². The van der Waals surface area contributed by atoms with Crippen LogP contribution in [0, 0.1) is 6.92 Å². The van der Waals surface area contributed by atoms with Crippen LogP contribution in [-0.2, 0) is 6.18 Å². The predicted molar refractivity (Wildman–Crippen MR) is 102 cm³/mol. The van der Waals surface area contributed by atoms with E-state index in [2.05, 4.69) is 10.3 Å². The summed E-state index contributed by atoms with van der Waals surface area (Å²) in [5.74, 6) is -0.462. The number of benzene rings is 2. The summed E-state index contributed by atoms with van der Waals surface area (Å²) in [6.45, 7) is 1.36. The summed E-state index contributed by atoms with van der Waals surface area (Å²) >= 11 is 5.94. The number of Topliss-reactive ketones (excluding diaryl/α,β-unsaturated/α-hetero) is 1. The van der Waals surface area contributed by atoms with Crippen LogP contribution in [0.25, 0.3) is 0 Å². The van der Waals surface area contributed by atoms with E-state index >= 15 is 0 Å². The molecule has 0 aliphatic carbocycles. The molecule has 8 heteroatoms. The van der Waals surface area contributed by atoms with E-state index in [9.17, 15) is 18.0 Å². The van der Waals surface area contributed by atoms with Crippen LogP contribution in [0.4, 0.5) is 24.5 Å². The molecule has 0 radical (unpaired) electrons. The third-order valence-corrected chi connectivity index (χ3v) is 4.05. The average molecular weight is 396 g/mol. The van der Waals surface area contributed by atoms with Gasteiger partial charge < -0.3 is 11.1 Å². The molecular weight excluding hydrogens is 379 g/mol. The van der Waals surface area contributed by atoms with Crippen molar-refractivity contribution in [2.75, 3.05) is 12.4 Å². The first-order valence-corrected chi connectivity index (χ1v) is 8.21. The van der Waals surface area contributed by atoms with Crippen molar-refractivity contribution >= 4 is 35.0 Å². The Morgan fingerprint density at radius 2 is 1.93 bits per heavy atom. The zero-order chi connectivity index (χ0) is 20.2. The summed E-state index contributed by atoms with van der Waals surface area (Å²) in [7, 11) is 1.64. The van der Waals surface area contributed by atoms with Gasteiger partial charge in [-0.2, -0.15) is 13.2 Å². The molecule has 0 bridgehead atoms. The Hall–Kier alpha value is -2.80. The third kappa shape index (κ3) is 4.89. The highest BCUT2D eigenvalue weighted by Gasteiger charge is 2.32. The fourth-order valence-electron chi connectivity index (χ4n) is 2.39. The molecule has 27 heavy (non-hydrogen) atoms. The van der Waals surface area contributed by atoms with Crippen molar-refractivity contribution in [1.29, 1.82) is 0 Å². The normalized spacial score (nSPS) is 12.4. The lowest BCUT2D eigenvalue weighted by Gasteiger charge is -2.11. The number of carbonyl (C=O) groups is 1. The van der Waals surface area contributed by atoms with Gasteiger partial charge in [0.1, 0.15) is 0 Å². The van der Waals surface area contributed by atoms with Crippen molar-refractivity contribution in [3.8, 4) is 0 Å². The van der Waals surface area contributed by atoms with Crippen LogP contribution in [0.1, 0.15) is 21.5 Å². The van der Waals surface area contributed by atoms with Crippen LogP contribution in [0.15, 0.2) is 53.2 Å². The first-order valence-electron chi connectivity index (χ1n) is 7.83. The number of anilines is 1. The van der Waals surface area contributed by atoms with Gasteiger partial charge in [-0.3, -0.25) is 9.79 Å². The number of alkyl halides is 3. The molecular formula is C19H17ClF3N3O. The van der Waals surface area contributed by atoms with E-state index in [1.54, 1.807) is 19.2 Å². The van der Waals surface area contributed by atoms with Gasteiger partial charge in [0, 0.05) is 35.7 Å². The van der Waals surface area contributed by atoms with Gasteiger partial charge >= 0.3 is 6.18 Å². The number of hydrogen-bond donors (Lipinski definition) is 2. The maximum absolute atomic E-state index is 13.0. The second-order valence-corrected chi connectivity index (χ2v) is 6.08. The Bertz CT molecular complexity index is 921. The van der Waals surface area contributed by atoms with Crippen molar-refractivity contribution in [1.82, 2.24) is 0 Å². The SMILES string of the molecule is CNc1ccc(Cl)cc1C(=O)/C(C=Nc1ccc(C)c(C(F)(F)F)c1)=C/N. The first-order chi connectivity index (χ1) is 12.7. The summed E-state index contributed by atoms with van der Waals surface area (Å²) in [4.78, 5) is 16.7. The molecule has 0 unspecified atom stereocenters. The lowest BCUT2D eigenvalue weighted by molar-refractivity contribution is -0.138. The predicted octanol–water partition coefficient (Wildman–Crippen LogP) is 5.14. The number of aryl methyl sites for hydroxylation is 1. The molecule has 142 valence electrons. The molecule has 3 N–H and O–H groups in total. The number of nitrogens with zero attached hydrogens (tertiary/aromatic N) is 1. The molecule has 0 aliphatic rings. The molecule has 0 atom stereocenters. The molecule has 0 saturated heterocycles. The van der Waals surface area contributed by atoms with Crippen LogP contribution >= 0.6 is 11.6 Å². The quantitative estimate of drug-likeness (QED) is 0.418. The van der Waals surface area contributed by atoms with Gasteiger partial charge in [0.2, 0.25) is 0 Å². The maximum atomic E-state index is 13.0. The zero-order valence-electron chi connectivity index (χ0n) is 14.6. The first kappa shape index (κ1) is 20.5. The third-order valence-electron chi connectivity index (χ3n) is 3.82. The van der Waals surface area contributed by atoms with Crippen molar-refractivity contribution in [2.24, 2.45) is 10.7 Å². The Morgan fingerprint density at radius 1 is 1.22 bits per heavy atom. The smallest absolute Gasteiger partial charge is 0.404 e. The van der Waals surface area contributed by atoms with Gasteiger partial charge in [-0.25, -0.2) is 0 Å². The van der Waals surface area contributed by atoms with Gasteiger partial charge in [-0.15, -0.1) is 0 Å².